The van der Waals surface area contributed by atoms with Crippen LogP contribution in [0.1, 0.15) is 13.8 Å². The zero-order valence-electron chi connectivity index (χ0n) is 10.6. The summed E-state index contributed by atoms with van der Waals surface area (Å²) in [7, 11) is 0. The fourth-order valence-electron chi connectivity index (χ4n) is 1.88. The second-order valence-electron chi connectivity index (χ2n) is 4.78. The van der Waals surface area contributed by atoms with E-state index >= 15 is 0 Å². The molecule has 0 saturated heterocycles. The Morgan fingerprint density at radius 2 is 2.17 bits per heavy atom. The standard InChI is InChI=1S/C14H17N3O/c1-10(2)8-17-9-12(6-13(15)14(17)18)11-4-3-5-16-7-11/h3-7,9-10H,8,15H2,1-2H3. The number of anilines is 1. The van der Waals surface area contributed by atoms with Crippen LogP contribution in [-0.4, -0.2) is 9.55 Å². The Labute approximate surface area is 106 Å². The highest BCUT2D eigenvalue weighted by Crippen LogP contribution is 2.18. The third-order valence-corrected chi connectivity index (χ3v) is 2.67. The highest BCUT2D eigenvalue weighted by atomic mass is 16.1. The molecular weight excluding hydrogens is 226 g/mol. The van der Waals surface area contributed by atoms with E-state index in [1.54, 1.807) is 23.0 Å². The molecule has 4 heteroatoms. The van der Waals surface area contributed by atoms with E-state index in [0.717, 1.165) is 11.1 Å². The Balaban J connectivity index is 2.51. The van der Waals surface area contributed by atoms with Gasteiger partial charge in [0, 0.05) is 36.3 Å². The molecule has 0 bridgehead atoms. The number of rotatable bonds is 3. The molecule has 0 saturated carbocycles. The molecule has 4 nitrogen and oxygen atoms in total. The third kappa shape index (κ3) is 2.59. The van der Waals surface area contributed by atoms with Crippen LogP contribution < -0.4 is 11.3 Å². The van der Waals surface area contributed by atoms with Gasteiger partial charge in [-0.1, -0.05) is 19.9 Å². The van der Waals surface area contributed by atoms with Crippen molar-refractivity contribution < 1.29 is 0 Å². The maximum absolute atomic E-state index is 11.9. The molecule has 0 amide bonds. The average molecular weight is 243 g/mol. The Hall–Kier alpha value is -2.10. The molecule has 2 aromatic heterocycles. The third-order valence-electron chi connectivity index (χ3n) is 2.67. The first kappa shape index (κ1) is 12.4. The second kappa shape index (κ2) is 5.04. The first-order chi connectivity index (χ1) is 8.58. The fraction of sp³-hybridized carbons (Fsp3) is 0.286. The van der Waals surface area contributed by atoms with Crippen molar-refractivity contribution in [2.75, 3.05) is 5.73 Å². The van der Waals surface area contributed by atoms with Crippen LogP contribution in [0, 0.1) is 5.92 Å². The van der Waals surface area contributed by atoms with E-state index in [1.807, 2.05) is 18.3 Å². The summed E-state index contributed by atoms with van der Waals surface area (Å²) in [5.41, 5.74) is 7.80. The minimum atomic E-state index is -0.128. The van der Waals surface area contributed by atoms with E-state index in [4.69, 9.17) is 5.73 Å². The van der Waals surface area contributed by atoms with Crippen molar-refractivity contribution in [1.29, 1.82) is 0 Å². The van der Waals surface area contributed by atoms with Crippen molar-refractivity contribution in [3.05, 3.63) is 47.1 Å². The van der Waals surface area contributed by atoms with E-state index in [0.29, 0.717) is 12.5 Å². The predicted molar refractivity (Wildman–Crippen MR) is 73.2 cm³/mol. The smallest absolute Gasteiger partial charge is 0.273 e. The van der Waals surface area contributed by atoms with Crippen molar-refractivity contribution in [3.63, 3.8) is 0 Å². The van der Waals surface area contributed by atoms with Crippen molar-refractivity contribution in [1.82, 2.24) is 9.55 Å². The molecule has 0 atom stereocenters. The van der Waals surface area contributed by atoms with Gasteiger partial charge in [0.15, 0.2) is 0 Å². The molecule has 94 valence electrons. The van der Waals surface area contributed by atoms with E-state index in [-0.39, 0.29) is 11.2 Å². The summed E-state index contributed by atoms with van der Waals surface area (Å²) in [6.07, 6.45) is 5.33. The predicted octanol–water partition coefficient (Wildman–Crippen LogP) is 2.15. The number of hydrogen-bond acceptors (Lipinski definition) is 3. The van der Waals surface area contributed by atoms with Gasteiger partial charge >= 0.3 is 0 Å². The maximum Gasteiger partial charge on any atom is 0.273 e. The quantitative estimate of drug-likeness (QED) is 0.898. The zero-order chi connectivity index (χ0) is 13.1. The Morgan fingerprint density at radius 1 is 1.39 bits per heavy atom. The molecule has 2 aromatic rings. The largest absolute Gasteiger partial charge is 0.394 e. The first-order valence-corrected chi connectivity index (χ1v) is 5.98. The van der Waals surface area contributed by atoms with Gasteiger partial charge < -0.3 is 10.3 Å². The molecule has 2 rings (SSSR count). The van der Waals surface area contributed by atoms with E-state index in [1.165, 1.54) is 0 Å². The highest BCUT2D eigenvalue weighted by Gasteiger charge is 2.07. The van der Waals surface area contributed by atoms with Gasteiger partial charge in [0.2, 0.25) is 0 Å². The van der Waals surface area contributed by atoms with Crippen molar-refractivity contribution >= 4 is 5.69 Å². The van der Waals surface area contributed by atoms with Crippen LogP contribution in [0.4, 0.5) is 5.69 Å². The lowest BCUT2D eigenvalue weighted by Crippen LogP contribution is -2.24. The molecule has 18 heavy (non-hydrogen) atoms. The molecule has 0 unspecified atom stereocenters. The molecule has 2 N–H and O–H groups in total. The van der Waals surface area contributed by atoms with Gasteiger partial charge in [0.05, 0.1) is 5.69 Å². The van der Waals surface area contributed by atoms with Gasteiger partial charge in [-0.3, -0.25) is 9.78 Å². The lowest BCUT2D eigenvalue weighted by atomic mass is 10.1. The van der Waals surface area contributed by atoms with Gasteiger partial charge in [-0.25, -0.2) is 0 Å². The van der Waals surface area contributed by atoms with Crippen LogP contribution in [0.25, 0.3) is 11.1 Å². The average Bonchev–Trinajstić information content (AvgIpc) is 2.35. The highest BCUT2D eigenvalue weighted by molar-refractivity contribution is 5.64. The Kier molecular flexibility index (Phi) is 3.46. The number of nitrogens with two attached hydrogens (primary N) is 1. The summed E-state index contributed by atoms with van der Waals surface area (Å²) in [5.74, 6) is 0.395. The fourth-order valence-corrected chi connectivity index (χ4v) is 1.88. The topological polar surface area (TPSA) is 60.9 Å². The summed E-state index contributed by atoms with van der Waals surface area (Å²) < 4.78 is 1.67. The molecule has 0 fully saturated rings. The molecule has 0 radical (unpaired) electrons. The lowest BCUT2D eigenvalue weighted by molar-refractivity contribution is 0.512. The minimum absolute atomic E-state index is 0.128. The van der Waals surface area contributed by atoms with Crippen molar-refractivity contribution in [2.45, 2.75) is 20.4 Å². The van der Waals surface area contributed by atoms with Crippen LogP contribution in [0.5, 0.6) is 0 Å². The van der Waals surface area contributed by atoms with Gasteiger partial charge in [-0.2, -0.15) is 0 Å². The molecule has 0 aliphatic heterocycles. The SMILES string of the molecule is CC(C)Cn1cc(-c2cccnc2)cc(N)c1=O. The Bertz CT molecular complexity index is 588. The molecule has 0 aliphatic carbocycles. The van der Waals surface area contributed by atoms with Gasteiger partial charge in [0.1, 0.15) is 0 Å². The zero-order valence-corrected chi connectivity index (χ0v) is 10.6. The summed E-state index contributed by atoms with van der Waals surface area (Å²) in [5, 5.41) is 0. The summed E-state index contributed by atoms with van der Waals surface area (Å²) in [6, 6.07) is 5.52. The van der Waals surface area contributed by atoms with Gasteiger partial charge in [0.25, 0.3) is 5.56 Å². The molecule has 2 heterocycles. The summed E-state index contributed by atoms with van der Waals surface area (Å²) >= 11 is 0. The van der Waals surface area contributed by atoms with Gasteiger partial charge in [-0.15, -0.1) is 0 Å². The molecule has 0 aromatic carbocycles. The summed E-state index contributed by atoms with van der Waals surface area (Å²) in [4.78, 5) is 16.0. The lowest BCUT2D eigenvalue weighted by Gasteiger charge is -2.12. The number of aromatic nitrogens is 2. The van der Waals surface area contributed by atoms with E-state index in [2.05, 4.69) is 18.8 Å². The van der Waals surface area contributed by atoms with Crippen LogP contribution in [0.2, 0.25) is 0 Å². The van der Waals surface area contributed by atoms with Crippen molar-refractivity contribution in [3.8, 4) is 11.1 Å². The normalized spacial score (nSPS) is 10.8. The number of pyridine rings is 2. The number of nitrogen functional groups attached to an aromatic ring is 1. The summed E-state index contributed by atoms with van der Waals surface area (Å²) in [6.45, 7) is 4.80. The number of nitrogens with zero attached hydrogens (tertiary/aromatic N) is 2. The second-order valence-corrected chi connectivity index (χ2v) is 4.78. The molecule has 0 aliphatic rings. The maximum atomic E-state index is 11.9. The number of hydrogen-bond donors (Lipinski definition) is 1. The minimum Gasteiger partial charge on any atom is -0.394 e. The van der Waals surface area contributed by atoms with Crippen LogP contribution in [-0.2, 0) is 6.54 Å². The monoisotopic (exact) mass is 243 g/mol. The first-order valence-electron chi connectivity index (χ1n) is 5.98. The molecule has 0 spiro atoms. The van der Waals surface area contributed by atoms with Crippen LogP contribution >= 0.6 is 0 Å². The van der Waals surface area contributed by atoms with Crippen molar-refractivity contribution in [2.24, 2.45) is 5.92 Å². The van der Waals surface area contributed by atoms with Gasteiger partial charge in [-0.05, 0) is 18.1 Å². The van der Waals surface area contributed by atoms with E-state index in [9.17, 15) is 4.79 Å². The van der Waals surface area contributed by atoms with Crippen LogP contribution in [0.3, 0.4) is 0 Å². The Morgan fingerprint density at radius 3 is 2.78 bits per heavy atom. The molecular formula is C14H17N3O. The van der Waals surface area contributed by atoms with E-state index < -0.39 is 0 Å². The van der Waals surface area contributed by atoms with Crippen LogP contribution in [0.15, 0.2) is 41.6 Å².